The highest BCUT2D eigenvalue weighted by Crippen LogP contribution is 2.13. The van der Waals surface area contributed by atoms with Crippen molar-refractivity contribution in [3.63, 3.8) is 0 Å². The van der Waals surface area contributed by atoms with Crippen LogP contribution in [0.4, 0.5) is 5.69 Å². The SMILES string of the molecule is CCOC(=O)C(=CNc1ccc(-n2cccn2)cc1)C(=O)OCC. The second-order valence-electron chi connectivity index (χ2n) is 4.64. The van der Waals surface area contributed by atoms with Crippen LogP contribution in [0.2, 0.25) is 0 Å². The summed E-state index contributed by atoms with van der Waals surface area (Å²) in [4.78, 5) is 23.7. The molecule has 0 saturated carbocycles. The Bertz CT molecular complexity index is 686. The van der Waals surface area contributed by atoms with Gasteiger partial charge in [0.2, 0.25) is 0 Å². The zero-order valence-electron chi connectivity index (χ0n) is 13.6. The molecular formula is C17H19N3O4. The fourth-order valence-electron chi connectivity index (χ4n) is 1.91. The van der Waals surface area contributed by atoms with Crippen molar-refractivity contribution in [3.05, 3.63) is 54.5 Å². The molecule has 0 aliphatic rings. The number of aromatic nitrogens is 2. The molecule has 0 spiro atoms. The summed E-state index contributed by atoms with van der Waals surface area (Å²) < 4.78 is 11.5. The predicted octanol–water partition coefficient (Wildman–Crippen LogP) is 2.29. The number of nitrogens with zero attached hydrogens (tertiary/aromatic N) is 2. The first kappa shape index (κ1) is 17.3. The molecular weight excluding hydrogens is 310 g/mol. The summed E-state index contributed by atoms with van der Waals surface area (Å²) in [7, 11) is 0. The van der Waals surface area contributed by atoms with E-state index >= 15 is 0 Å². The van der Waals surface area contributed by atoms with Gasteiger partial charge < -0.3 is 14.8 Å². The summed E-state index contributed by atoms with van der Waals surface area (Å²) in [5.74, 6) is -1.45. The smallest absolute Gasteiger partial charge is 0.347 e. The fraction of sp³-hybridized carbons (Fsp3) is 0.235. The van der Waals surface area contributed by atoms with E-state index in [0.717, 1.165) is 5.69 Å². The first-order valence-corrected chi connectivity index (χ1v) is 7.56. The first-order valence-electron chi connectivity index (χ1n) is 7.56. The number of nitrogens with one attached hydrogen (secondary N) is 1. The molecule has 0 radical (unpaired) electrons. The minimum atomic E-state index is -0.725. The minimum absolute atomic E-state index is 0.175. The normalized spacial score (nSPS) is 9.92. The van der Waals surface area contributed by atoms with Gasteiger partial charge in [-0.05, 0) is 44.2 Å². The molecule has 7 nitrogen and oxygen atoms in total. The second kappa shape index (κ2) is 8.52. The largest absolute Gasteiger partial charge is 0.462 e. The number of carbonyl (C=O) groups excluding carboxylic acids is 2. The van der Waals surface area contributed by atoms with Gasteiger partial charge in [0.1, 0.15) is 0 Å². The molecule has 0 bridgehead atoms. The maximum atomic E-state index is 11.8. The van der Waals surface area contributed by atoms with E-state index in [1.165, 1.54) is 6.20 Å². The average molecular weight is 329 g/mol. The topological polar surface area (TPSA) is 82.5 Å². The Labute approximate surface area is 139 Å². The number of hydrogen-bond acceptors (Lipinski definition) is 6. The molecule has 7 heteroatoms. The Kier molecular flexibility index (Phi) is 6.13. The molecule has 0 aliphatic carbocycles. The van der Waals surface area contributed by atoms with Crippen molar-refractivity contribution in [3.8, 4) is 5.69 Å². The Hall–Kier alpha value is -3.09. The van der Waals surface area contributed by atoms with Gasteiger partial charge in [-0.3, -0.25) is 0 Å². The van der Waals surface area contributed by atoms with Gasteiger partial charge in [-0.15, -0.1) is 0 Å². The molecule has 1 aromatic carbocycles. The number of ether oxygens (including phenoxy) is 2. The first-order chi connectivity index (χ1) is 11.7. The maximum absolute atomic E-state index is 11.8. The van der Waals surface area contributed by atoms with Crippen LogP contribution in [0.1, 0.15) is 13.8 Å². The Morgan fingerprint density at radius 1 is 1.12 bits per heavy atom. The lowest BCUT2D eigenvalue weighted by molar-refractivity contribution is -0.146. The molecule has 0 saturated heterocycles. The lowest BCUT2D eigenvalue weighted by Gasteiger charge is -2.08. The third-order valence-electron chi connectivity index (χ3n) is 3.01. The average Bonchev–Trinajstić information content (AvgIpc) is 3.10. The van der Waals surface area contributed by atoms with Gasteiger partial charge in [-0.2, -0.15) is 5.10 Å². The summed E-state index contributed by atoms with van der Waals surface area (Å²) in [5.41, 5.74) is 1.41. The van der Waals surface area contributed by atoms with Gasteiger partial charge >= 0.3 is 11.9 Å². The Morgan fingerprint density at radius 2 is 1.75 bits per heavy atom. The van der Waals surface area contributed by atoms with Crippen LogP contribution >= 0.6 is 0 Å². The van der Waals surface area contributed by atoms with Crippen LogP contribution in [0, 0.1) is 0 Å². The van der Waals surface area contributed by atoms with E-state index in [0.29, 0.717) is 5.69 Å². The van der Waals surface area contributed by atoms with Crippen molar-refractivity contribution in [2.24, 2.45) is 0 Å². The Balaban J connectivity index is 2.12. The highest BCUT2D eigenvalue weighted by Gasteiger charge is 2.20. The van der Waals surface area contributed by atoms with E-state index in [1.807, 2.05) is 24.4 Å². The molecule has 2 aromatic rings. The molecule has 0 fully saturated rings. The van der Waals surface area contributed by atoms with E-state index in [-0.39, 0.29) is 18.8 Å². The van der Waals surface area contributed by atoms with Gasteiger partial charge in [0.15, 0.2) is 5.57 Å². The van der Waals surface area contributed by atoms with Crippen molar-refractivity contribution in [2.75, 3.05) is 18.5 Å². The number of carbonyl (C=O) groups is 2. The third kappa shape index (κ3) is 4.45. The van der Waals surface area contributed by atoms with Gasteiger partial charge in [0.25, 0.3) is 0 Å². The number of anilines is 1. The molecule has 0 unspecified atom stereocenters. The molecule has 1 heterocycles. The lowest BCUT2D eigenvalue weighted by atomic mass is 10.2. The van der Waals surface area contributed by atoms with Crippen LogP contribution in [0.25, 0.3) is 5.69 Å². The summed E-state index contributed by atoms with van der Waals surface area (Å²) in [5, 5.41) is 7.04. The van der Waals surface area contributed by atoms with Crippen LogP contribution in [-0.4, -0.2) is 34.9 Å². The van der Waals surface area contributed by atoms with Gasteiger partial charge in [0.05, 0.1) is 18.9 Å². The van der Waals surface area contributed by atoms with E-state index in [9.17, 15) is 9.59 Å². The fourth-order valence-corrected chi connectivity index (χ4v) is 1.91. The van der Waals surface area contributed by atoms with Gasteiger partial charge in [0, 0.05) is 24.3 Å². The van der Waals surface area contributed by atoms with Crippen LogP contribution < -0.4 is 5.32 Å². The summed E-state index contributed by atoms with van der Waals surface area (Å²) in [6, 6.07) is 9.16. The van der Waals surface area contributed by atoms with E-state index in [1.54, 1.807) is 36.9 Å². The van der Waals surface area contributed by atoms with E-state index in [4.69, 9.17) is 9.47 Å². The molecule has 0 aliphatic heterocycles. The van der Waals surface area contributed by atoms with Crippen LogP contribution in [0.3, 0.4) is 0 Å². The number of rotatable bonds is 7. The van der Waals surface area contributed by atoms with Crippen molar-refractivity contribution >= 4 is 17.6 Å². The van der Waals surface area contributed by atoms with Crippen molar-refractivity contribution in [1.82, 2.24) is 9.78 Å². The second-order valence-corrected chi connectivity index (χ2v) is 4.64. The van der Waals surface area contributed by atoms with Gasteiger partial charge in [-0.1, -0.05) is 0 Å². The van der Waals surface area contributed by atoms with Crippen molar-refractivity contribution in [2.45, 2.75) is 13.8 Å². The number of hydrogen-bond donors (Lipinski definition) is 1. The standard InChI is InChI=1S/C17H19N3O4/c1-3-23-16(21)15(17(22)24-4-2)12-18-13-6-8-14(9-7-13)20-11-5-10-19-20/h5-12,18H,3-4H2,1-2H3. The van der Waals surface area contributed by atoms with Crippen LogP contribution in [0.15, 0.2) is 54.5 Å². The zero-order chi connectivity index (χ0) is 17.4. The summed E-state index contributed by atoms with van der Waals surface area (Å²) in [6.07, 6.45) is 4.82. The van der Waals surface area contributed by atoms with E-state index < -0.39 is 11.9 Å². The van der Waals surface area contributed by atoms with E-state index in [2.05, 4.69) is 10.4 Å². The zero-order valence-corrected chi connectivity index (χ0v) is 13.6. The maximum Gasteiger partial charge on any atom is 0.347 e. The third-order valence-corrected chi connectivity index (χ3v) is 3.01. The monoisotopic (exact) mass is 329 g/mol. The van der Waals surface area contributed by atoms with Crippen LogP contribution in [-0.2, 0) is 19.1 Å². The highest BCUT2D eigenvalue weighted by molar-refractivity contribution is 6.14. The summed E-state index contributed by atoms with van der Waals surface area (Å²) >= 11 is 0. The molecule has 24 heavy (non-hydrogen) atoms. The quantitative estimate of drug-likeness (QED) is 0.363. The van der Waals surface area contributed by atoms with Crippen molar-refractivity contribution < 1.29 is 19.1 Å². The Morgan fingerprint density at radius 3 is 2.25 bits per heavy atom. The summed E-state index contributed by atoms with van der Waals surface area (Å²) in [6.45, 7) is 3.69. The van der Waals surface area contributed by atoms with Crippen molar-refractivity contribution in [1.29, 1.82) is 0 Å². The minimum Gasteiger partial charge on any atom is -0.462 e. The predicted molar refractivity (Wildman–Crippen MR) is 88.5 cm³/mol. The molecule has 0 atom stereocenters. The lowest BCUT2D eigenvalue weighted by Crippen LogP contribution is -2.19. The van der Waals surface area contributed by atoms with Gasteiger partial charge in [-0.25, -0.2) is 14.3 Å². The number of esters is 2. The molecule has 126 valence electrons. The molecule has 2 rings (SSSR count). The molecule has 1 aromatic heterocycles. The number of benzene rings is 1. The highest BCUT2D eigenvalue weighted by atomic mass is 16.6. The molecule has 1 N–H and O–H groups in total. The van der Waals surface area contributed by atoms with Crippen LogP contribution in [0.5, 0.6) is 0 Å². The molecule has 0 amide bonds.